The highest BCUT2D eigenvalue weighted by Crippen LogP contribution is 2.19. The predicted molar refractivity (Wildman–Crippen MR) is 81.3 cm³/mol. The maximum Gasteiger partial charge on any atom is 0.220 e. The molecule has 0 spiro atoms. The second-order valence-corrected chi connectivity index (χ2v) is 5.05. The molecule has 0 aliphatic carbocycles. The van der Waals surface area contributed by atoms with Gasteiger partial charge in [-0.1, -0.05) is 18.2 Å². The van der Waals surface area contributed by atoms with Crippen LogP contribution in [0.3, 0.4) is 0 Å². The fraction of sp³-hybridized carbons (Fsp3) is 0.353. The van der Waals surface area contributed by atoms with E-state index >= 15 is 0 Å². The summed E-state index contributed by atoms with van der Waals surface area (Å²) < 4.78 is 10.8. The van der Waals surface area contributed by atoms with Gasteiger partial charge in [0.05, 0.1) is 13.2 Å². The first-order chi connectivity index (χ1) is 10.1. The second-order valence-electron chi connectivity index (χ2n) is 5.05. The van der Waals surface area contributed by atoms with Crippen molar-refractivity contribution in [2.45, 2.75) is 32.7 Å². The molecule has 4 heteroatoms. The van der Waals surface area contributed by atoms with Crippen LogP contribution in [0.25, 0.3) is 0 Å². The fourth-order valence-corrected chi connectivity index (χ4v) is 2.23. The number of carbonyl (C=O) groups is 1. The summed E-state index contributed by atoms with van der Waals surface area (Å²) in [5.74, 6) is 2.45. The molecular weight excluding hydrogens is 266 g/mol. The molecule has 1 amide bonds. The Bertz CT molecular complexity index is 604. The third-order valence-corrected chi connectivity index (χ3v) is 3.38. The van der Waals surface area contributed by atoms with Crippen molar-refractivity contribution >= 4 is 5.91 Å². The Morgan fingerprint density at radius 3 is 2.71 bits per heavy atom. The number of nitrogens with one attached hydrogen (secondary N) is 1. The second kappa shape index (κ2) is 6.97. The zero-order valence-electron chi connectivity index (χ0n) is 12.7. The summed E-state index contributed by atoms with van der Waals surface area (Å²) in [6, 6.07) is 11.4. The van der Waals surface area contributed by atoms with Crippen LogP contribution in [-0.2, 0) is 11.2 Å². The van der Waals surface area contributed by atoms with Crippen LogP contribution in [0.1, 0.15) is 36.5 Å². The predicted octanol–water partition coefficient (Wildman–Crippen LogP) is 3.41. The Labute approximate surface area is 125 Å². The fourth-order valence-electron chi connectivity index (χ4n) is 2.23. The summed E-state index contributed by atoms with van der Waals surface area (Å²) >= 11 is 0. The number of methoxy groups -OCH3 is 1. The lowest BCUT2D eigenvalue weighted by Gasteiger charge is -2.12. The summed E-state index contributed by atoms with van der Waals surface area (Å²) in [5.41, 5.74) is 1.04. The number of hydrogen-bond donors (Lipinski definition) is 1. The van der Waals surface area contributed by atoms with E-state index in [1.54, 1.807) is 7.11 Å². The summed E-state index contributed by atoms with van der Waals surface area (Å²) in [5, 5.41) is 2.94. The molecule has 0 aliphatic rings. The quantitative estimate of drug-likeness (QED) is 0.885. The number of hydrogen-bond acceptors (Lipinski definition) is 3. The molecule has 2 aromatic rings. The van der Waals surface area contributed by atoms with Crippen LogP contribution < -0.4 is 10.1 Å². The van der Waals surface area contributed by atoms with Crippen LogP contribution in [0, 0.1) is 6.92 Å². The molecule has 0 fully saturated rings. The number of ether oxygens (including phenoxy) is 1. The van der Waals surface area contributed by atoms with Crippen molar-refractivity contribution < 1.29 is 13.9 Å². The molecule has 1 atom stereocenters. The zero-order valence-corrected chi connectivity index (χ0v) is 12.7. The zero-order chi connectivity index (χ0) is 15.2. The monoisotopic (exact) mass is 287 g/mol. The average molecular weight is 287 g/mol. The molecule has 0 saturated heterocycles. The van der Waals surface area contributed by atoms with Crippen molar-refractivity contribution in [3.63, 3.8) is 0 Å². The highest BCUT2D eigenvalue weighted by Gasteiger charge is 2.13. The molecule has 1 aromatic heterocycles. The molecular formula is C17H21NO3. The molecule has 1 heterocycles. The minimum absolute atomic E-state index is 0.00228. The van der Waals surface area contributed by atoms with Gasteiger partial charge in [0, 0.05) is 6.42 Å². The molecule has 0 radical (unpaired) electrons. The van der Waals surface area contributed by atoms with Crippen LogP contribution >= 0.6 is 0 Å². The molecule has 2 rings (SSSR count). The number of amides is 1. The van der Waals surface area contributed by atoms with Crippen LogP contribution in [0.15, 0.2) is 40.8 Å². The lowest BCUT2D eigenvalue weighted by atomic mass is 10.1. The van der Waals surface area contributed by atoms with E-state index in [0.717, 1.165) is 22.8 Å². The summed E-state index contributed by atoms with van der Waals surface area (Å²) in [4.78, 5) is 12.0. The van der Waals surface area contributed by atoms with Gasteiger partial charge in [-0.3, -0.25) is 4.79 Å². The third kappa shape index (κ3) is 4.12. The van der Waals surface area contributed by atoms with E-state index in [1.165, 1.54) is 0 Å². The van der Waals surface area contributed by atoms with E-state index in [9.17, 15) is 4.79 Å². The first-order valence-electron chi connectivity index (χ1n) is 7.07. The number of para-hydroxylation sites is 1. The Kier molecular flexibility index (Phi) is 5.04. The van der Waals surface area contributed by atoms with Crippen molar-refractivity contribution in [2.75, 3.05) is 7.11 Å². The minimum Gasteiger partial charge on any atom is -0.496 e. The van der Waals surface area contributed by atoms with Crippen LogP contribution in [0.5, 0.6) is 5.75 Å². The van der Waals surface area contributed by atoms with Crippen molar-refractivity contribution in [3.8, 4) is 5.75 Å². The van der Waals surface area contributed by atoms with Gasteiger partial charge in [0.25, 0.3) is 0 Å². The van der Waals surface area contributed by atoms with Crippen molar-refractivity contribution in [3.05, 3.63) is 53.5 Å². The van der Waals surface area contributed by atoms with E-state index < -0.39 is 0 Å². The number of furan rings is 1. The SMILES string of the molecule is COc1ccccc1CCC(=O)N[C@H](C)c1ccc(C)o1. The molecule has 0 unspecified atom stereocenters. The van der Waals surface area contributed by atoms with Gasteiger partial charge in [-0.15, -0.1) is 0 Å². The molecule has 4 nitrogen and oxygen atoms in total. The van der Waals surface area contributed by atoms with Gasteiger partial charge >= 0.3 is 0 Å². The van der Waals surface area contributed by atoms with Crippen molar-refractivity contribution in [1.29, 1.82) is 0 Å². The normalized spacial score (nSPS) is 12.0. The number of carbonyl (C=O) groups excluding carboxylic acids is 1. The van der Waals surface area contributed by atoms with E-state index in [1.807, 2.05) is 50.2 Å². The third-order valence-electron chi connectivity index (χ3n) is 3.38. The van der Waals surface area contributed by atoms with Gasteiger partial charge in [-0.2, -0.15) is 0 Å². The molecule has 0 saturated carbocycles. The first-order valence-corrected chi connectivity index (χ1v) is 7.07. The van der Waals surface area contributed by atoms with Crippen LogP contribution in [-0.4, -0.2) is 13.0 Å². The molecule has 0 aliphatic heterocycles. The summed E-state index contributed by atoms with van der Waals surface area (Å²) in [6.45, 7) is 3.80. The Morgan fingerprint density at radius 1 is 1.29 bits per heavy atom. The van der Waals surface area contributed by atoms with Gasteiger partial charge in [0.2, 0.25) is 5.91 Å². The highest BCUT2D eigenvalue weighted by atomic mass is 16.5. The smallest absolute Gasteiger partial charge is 0.220 e. The van der Waals surface area contributed by atoms with E-state index in [4.69, 9.17) is 9.15 Å². The highest BCUT2D eigenvalue weighted by molar-refractivity contribution is 5.76. The van der Waals surface area contributed by atoms with Gasteiger partial charge in [0.1, 0.15) is 17.3 Å². The maximum atomic E-state index is 12.0. The Balaban J connectivity index is 1.87. The van der Waals surface area contributed by atoms with Gasteiger partial charge in [-0.25, -0.2) is 0 Å². The molecule has 0 bridgehead atoms. The first kappa shape index (κ1) is 15.2. The lowest BCUT2D eigenvalue weighted by Crippen LogP contribution is -2.26. The topological polar surface area (TPSA) is 51.5 Å². The van der Waals surface area contributed by atoms with Crippen LogP contribution in [0.4, 0.5) is 0 Å². The standard InChI is InChI=1S/C17H21NO3/c1-12-8-10-15(21-12)13(2)18-17(19)11-9-14-6-4-5-7-16(14)20-3/h4-8,10,13H,9,11H2,1-3H3,(H,18,19)/t13-/m1/s1. The average Bonchev–Trinajstić information content (AvgIpc) is 2.92. The molecule has 1 N–H and O–H groups in total. The van der Waals surface area contributed by atoms with E-state index in [0.29, 0.717) is 12.8 Å². The Hall–Kier alpha value is -2.23. The molecule has 1 aromatic carbocycles. The lowest BCUT2D eigenvalue weighted by molar-refractivity contribution is -0.121. The van der Waals surface area contributed by atoms with Crippen molar-refractivity contribution in [2.24, 2.45) is 0 Å². The number of aryl methyl sites for hydroxylation is 2. The largest absolute Gasteiger partial charge is 0.496 e. The molecule has 21 heavy (non-hydrogen) atoms. The summed E-state index contributed by atoms with van der Waals surface area (Å²) in [7, 11) is 1.64. The van der Waals surface area contributed by atoms with Gasteiger partial charge in [0.15, 0.2) is 0 Å². The van der Waals surface area contributed by atoms with Crippen LogP contribution in [0.2, 0.25) is 0 Å². The van der Waals surface area contributed by atoms with E-state index in [2.05, 4.69) is 5.32 Å². The minimum atomic E-state index is -0.121. The van der Waals surface area contributed by atoms with Gasteiger partial charge in [-0.05, 0) is 44.0 Å². The Morgan fingerprint density at radius 2 is 2.05 bits per heavy atom. The summed E-state index contributed by atoms with van der Waals surface area (Å²) in [6.07, 6.45) is 1.07. The van der Waals surface area contributed by atoms with Crippen molar-refractivity contribution in [1.82, 2.24) is 5.32 Å². The molecule has 112 valence electrons. The van der Waals surface area contributed by atoms with Gasteiger partial charge < -0.3 is 14.5 Å². The number of benzene rings is 1. The van der Waals surface area contributed by atoms with E-state index in [-0.39, 0.29) is 11.9 Å². The maximum absolute atomic E-state index is 12.0. The number of rotatable bonds is 6.